The van der Waals surface area contributed by atoms with Crippen molar-refractivity contribution in [2.24, 2.45) is 0 Å². The molecule has 0 aliphatic carbocycles. The number of rotatable bonds is 4. The number of hydrogen-bond acceptors (Lipinski definition) is 3. The predicted molar refractivity (Wildman–Crippen MR) is 76.5 cm³/mol. The number of ether oxygens (including phenoxy) is 1. The summed E-state index contributed by atoms with van der Waals surface area (Å²) in [7, 11) is 0. The molecule has 3 amide bonds. The molecule has 0 radical (unpaired) electrons. The Morgan fingerprint density at radius 3 is 2.65 bits per heavy atom. The van der Waals surface area contributed by atoms with Gasteiger partial charge in [-0.05, 0) is 37.1 Å². The summed E-state index contributed by atoms with van der Waals surface area (Å²) in [6, 6.07) is 4.68. The van der Waals surface area contributed by atoms with Crippen molar-refractivity contribution in [1.29, 1.82) is 0 Å². The van der Waals surface area contributed by atoms with Gasteiger partial charge in [0.2, 0.25) is 0 Å². The minimum atomic E-state index is -0.524. The number of benzene rings is 1. The van der Waals surface area contributed by atoms with E-state index in [0.29, 0.717) is 16.3 Å². The smallest absolute Gasteiger partial charge is 0.326 e. The van der Waals surface area contributed by atoms with Crippen LogP contribution in [-0.2, 0) is 4.79 Å². The van der Waals surface area contributed by atoms with E-state index in [2.05, 4.69) is 10.6 Å². The van der Waals surface area contributed by atoms with Gasteiger partial charge in [0, 0.05) is 0 Å². The molecule has 2 rings (SSSR count). The van der Waals surface area contributed by atoms with E-state index in [0.717, 1.165) is 6.42 Å². The maximum atomic E-state index is 11.4. The third kappa shape index (κ3) is 3.30. The topological polar surface area (TPSA) is 67.4 Å². The van der Waals surface area contributed by atoms with Crippen molar-refractivity contribution in [3.63, 3.8) is 0 Å². The number of hydrogen-bond donors (Lipinski definition) is 2. The number of imide groups is 1. The summed E-state index contributed by atoms with van der Waals surface area (Å²) in [6.45, 7) is 3.99. The Morgan fingerprint density at radius 2 is 2.10 bits per heavy atom. The van der Waals surface area contributed by atoms with Crippen LogP contribution in [0, 0.1) is 0 Å². The second-order valence-electron chi connectivity index (χ2n) is 4.49. The van der Waals surface area contributed by atoms with Crippen molar-refractivity contribution >= 4 is 29.6 Å². The average molecular weight is 295 g/mol. The van der Waals surface area contributed by atoms with Crippen molar-refractivity contribution in [2.75, 3.05) is 0 Å². The summed E-state index contributed by atoms with van der Waals surface area (Å²) in [5.41, 5.74) is 0.903. The summed E-state index contributed by atoms with van der Waals surface area (Å²) >= 11 is 6.14. The number of halogens is 1. The normalized spacial score (nSPS) is 17.9. The Balaban J connectivity index is 2.19. The van der Waals surface area contributed by atoms with Gasteiger partial charge in [0.1, 0.15) is 11.4 Å². The zero-order valence-electron chi connectivity index (χ0n) is 11.2. The van der Waals surface area contributed by atoms with Gasteiger partial charge in [-0.1, -0.05) is 24.6 Å². The van der Waals surface area contributed by atoms with Crippen LogP contribution in [0.1, 0.15) is 25.8 Å². The molecule has 0 spiro atoms. The Kier molecular flexibility index (Phi) is 4.29. The fourth-order valence-corrected chi connectivity index (χ4v) is 1.89. The number of urea groups is 1. The van der Waals surface area contributed by atoms with Gasteiger partial charge in [0.25, 0.3) is 5.91 Å². The number of nitrogens with one attached hydrogen (secondary N) is 2. The third-order valence-electron chi connectivity index (χ3n) is 2.89. The Hall–Kier alpha value is -2.01. The van der Waals surface area contributed by atoms with E-state index >= 15 is 0 Å². The van der Waals surface area contributed by atoms with Crippen molar-refractivity contribution in [3.05, 3.63) is 34.5 Å². The summed E-state index contributed by atoms with van der Waals surface area (Å²) in [4.78, 5) is 22.4. The highest BCUT2D eigenvalue weighted by Crippen LogP contribution is 2.27. The molecular weight excluding hydrogens is 280 g/mol. The minimum absolute atomic E-state index is 0.0802. The van der Waals surface area contributed by atoms with Crippen LogP contribution in [-0.4, -0.2) is 18.0 Å². The second kappa shape index (κ2) is 5.96. The van der Waals surface area contributed by atoms with Crippen LogP contribution in [0.25, 0.3) is 6.08 Å². The van der Waals surface area contributed by atoms with E-state index in [4.69, 9.17) is 16.3 Å². The first-order valence-electron chi connectivity index (χ1n) is 6.30. The van der Waals surface area contributed by atoms with E-state index < -0.39 is 11.9 Å². The van der Waals surface area contributed by atoms with Gasteiger partial charge < -0.3 is 10.1 Å². The van der Waals surface area contributed by atoms with Crippen LogP contribution in [0.4, 0.5) is 4.79 Å². The molecule has 2 N–H and O–H groups in total. The molecule has 0 bridgehead atoms. The van der Waals surface area contributed by atoms with Gasteiger partial charge in [-0.15, -0.1) is 0 Å². The van der Waals surface area contributed by atoms with Crippen LogP contribution < -0.4 is 15.4 Å². The fraction of sp³-hybridized carbons (Fsp3) is 0.286. The molecule has 1 fully saturated rings. The van der Waals surface area contributed by atoms with Crippen LogP contribution in [0.2, 0.25) is 5.02 Å². The Labute approximate surface area is 121 Å². The zero-order valence-corrected chi connectivity index (χ0v) is 12.0. The monoisotopic (exact) mass is 294 g/mol. The summed E-state index contributed by atoms with van der Waals surface area (Å²) in [5, 5.41) is 5.01. The molecule has 106 valence electrons. The molecule has 1 saturated heterocycles. The summed E-state index contributed by atoms with van der Waals surface area (Å²) in [6.07, 6.45) is 2.52. The van der Waals surface area contributed by atoms with Gasteiger partial charge >= 0.3 is 6.03 Å². The predicted octanol–water partition coefficient (Wildman–Crippen LogP) is 2.70. The van der Waals surface area contributed by atoms with Gasteiger partial charge in [-0.3, -0.25) is 10.1 Å². The van der Waals surface area contributed by atoms with Crippen molar-refractivity contribution < 1.29 is 14.3 Å². The van der Waals surface area contributed by atoms with E-state index in [-0.39, 0.29) is 11.8 Å². The quantitative estimate of drug-likeness (QED) is 0.663. The molecule has 0 saturated carbocycles. The molecular formula is C14H15ClN2O3. The number of amides is 3. The molecule has 1 atom stereocenters. The molecule has 20 heavy (non-hydrogen) atoms. The van der Waals surface area contributed by atoms with Gasteiger partial charge in [-0.25, -0.2) is 4.79 Å². The van der Waals surface area contributed by atoms with Crippen LogP contribution in [0.3, 0.4) is 0 Å². The molecule has 5 nitrogen and oxygen atoms in total. The molecule has 1 aromatic carbocycles. The number of carbonyl (C=O) groups excluding carboxylic acids is 2. The highest BCUT2D eigenvalue weighted by molar-refractivity contribution is 6.32. The fourth-order valence-electron chi connectivity index (χ4n) is 1.65. The lowest BCUT2D eigenvalue weighted by molar-refractivity contribution is -0.115. The van der Waals surface area contributed by atoms with Gasteiger partial charge in [0.05, 0.1) is 11.1 Å². The first-order valence-corrected chi connectivity index (χ1v) is 6.67. The van der Waals surface area contributed by atoms with Gasteiger partial charge in [0.15, 0.2) is 0 Å². The highest BCUT2D eigenvalue weighted by atomic mass is 35.5. The van der Waals surface area contributed by atoms with E-state index in [1.807, 2.05) is 13.8 Å². The van der Waals surface area contributed by atoms with E-state index in [1.165, 1.54) is 0 Å². The van der Waals surface area contributed by atoms with Gasteiger partial charge in [-0.2, -0.15) is 0 Å². The van der Waals surface area contributed by atoms with Crippen LogP contribution in [0.5, 0.6) is 5.75 Å². The van der Waals surface area contributed by atoms with Crippen molar-refractivity contribution in [2.45, 2.75) is 26.4 Å². The third-order valence-corrected chi connectivity index (χ3v) is 3.19. The summed E-state index contributed by atoms with van der Waals surface area (Å²) < 4.78 is 5.66. The van der Waals surface area contributed by atoms with E-state index in [1.54, 1.807) is 24.3 Å². The molecule has 1 aliphatic heterocycles. The molecule has 1 aromatic rings. The average Bonchev–Trinajstić information content (AvgIpc) is 2.71. The lowest BCUT2D eigenvalue weighted by Gasteiger charge is -2.14. The van der Waals surface area contributed by atoms with Crippen molar-refractivity contribution in [3.8, 4) is 5.75 Å². The largest absolute Gasteiger partial charge is 0.489 e. The molecule has 1 unspecified atom stereocenters. The number of carbonyl (C=O) groups is 2. The maximum absolute atomic E-state index is 11.4. The first-order chi connectivity index (χ1) is 9.49. The molecule has 6 heteroatoms. The van der Waals surface area contributed by atoms with Crippen LogP contribution >= 0.6 is 11.6 Å². The highest BCUT2D eigenvalue weighted by Gasteiger charge is 2.22. The standard InChI is InChI=1S/C14H15ClN2O3/c1-3-8(2)20-12-5-4-9(6-10(12)15)7-11-13(18)17-14(19)16-11/h4-8H,3H2,1-2H3,(H2,16,17,18,19)/b11-7+. The lowest BCUT2D eigenvalue weighted by atomic mass is 10.2. The Morgan fingerprint density at radius 1 is 1.35 bits per heavy atom. The second-order valence-corrected chi connectivity index (χ2v) is 4.90. The molecule has 1 heterocycles. The maximum Gasteiger partial charge on any atom is 0.326 e. The SMILES string of the molecule is CCC(C)Oc1ccc(/C=C2/NC(=O)NC2=O)cc1Cl. The molecule has 1 aliphatic rings. The minimum Gasteiger partial charge on any atom is -0.489 e. The zero-order chi connectivity index (χ0) is 14.7. The van der Waals surface area contributed by atoms with Crippen molar-refractivity contribution in [1.82, 2.24) is 10.6 Å². The first kappa shape index (κ1) is 14.4. The van der Waals surface area contributed by atoms with E-state index in [9.17, 15) is 9.59 Å². The molecule has 0 aromatic heterocycles. The summed E-state index contributed by atoms with van der Waals surface area (Å²) in [5.74, 6) is 0.147. The Bertz CT molecular complexity index is 584. The lowest BCUT2D eigenvalue weighted by Crippen LogP contribution is -2.22. The van der Waals surface area contributed by atoms with Crippen LogP contribution in [0.15, 0.2) is 23.9 Å².